The number of Topliss-reactive ketones (excluding diaryl/α,β-unsaturated/α-hetero) is 2. The molecule has 0 unspecified atom stereocenters. The maximum Gasteiger partial charge on any atom is 0.185 e. The fourth-order valence-corrected chi connectivity index (χ4v) is 8.14. The van der Waals surface area contributed by atoms with Crippen LogP contribution in [0.25, 0.3) is 0 Å². The quantitative estimate of drug-likeness (QED) is 0.0359. The molecule has 0 saturated carbocycles. The Morgan fingerprint density at radius 2 is 0.500 bits per heavy atom. The fraction of sp³-hybridized carbons (Fsp3) is 0.800. The molecule has 0 heterocycles. The van der Waals surface area contributed by atoms with Gasteiger partial charge in [-0.3, -0.25) is 9.59 Å². The minimum Gasteiger partial charge on any atom is -0.289 e. The van der Waals surface area contributed by atoms with E-state index in [1.165, 1.54) is 173 Å². The van der Waals surface area contributed by atoms with Crippen molar-refractivity contribution in [2.24, 2.45) is 0 Å². The van der Waals surface area contributed by atoms with E-state index in [9.17, 15) is 9.59 Å². The lowest BCUT2D eigenvalue weighted by Gasteiger charge is -2.25. The summed E-state index contributed by atoms with van der Waals surface area (Å²) in [5, 5.41) is 0. The molecule has 0 radical (unpaired) electrons. The summed E-state index contributed by atoms with van der Waals surface area (Å²) >= 11 is 0. The summed E-state index contributed by atoms with van der Waals surface area (Å²) in [5.74, 6) is 0.539. The average Bonchev–Trinajstić information content (AvgIpc) is 3.15. The minimum atomic E-state index is 0.268. The molecule has 0 aliphatic heterocycles. The van der Waals surface area contributed by atoms with Gasteiger partial charge in [-0.05, 0) is 77.0 Å². The first kappa shape index (κ1) is 48.3. The van der Waals surface area contributed by atoms with Gasteiger partial charge < -0.3 is 0 Å². The second-order valence-corrected chi connectivity index (χ2v) is 16.3. The molecule has 0 aromatic carbocycles. The van der Waals surface area contributed by atoms with Gasteiger partial charge >= 0.3 is 0 Å². The second kappa shape index (κ2) is 36.3. The molecule has 2 heteroatoms. The van der Waals surface area contributed by atoms with Crippen molar-refractivity contribution >= 4 is 11.6 Å². The van der Waals surface area contributed by atoms with Crippen LogP contribution >= 0.6 is 0 Å². The van der Waals surface area contributed by atoms with Crippen molar-refractivity contribution in [1.82, 2.24) is 0 Å². The van der Waals surface area contributed by atoms with Gasteiger partial charge in [0.2, 0.25) is 0 Å². The lowest BCUT2D eigenvalue weighted by Crippen LogP contribution is -2.25. The number of allylic oxidation sites excluding steroid dienone is 6. The van der Waals surface area contributed by atoms with Gasteiger partial charge in [-0.15, -0.1) is 13.2 Å². The van der Waals surface area contributed by atoms with E-state index in [4.69, 9.17) is 0 Å². The fourth-order valence-electron chi connectivity index (χ4n) is 8.14. The smallest absolute Gasteiger partial charge is 0.185 e. The first-order valence-electron chi connectivity index (χ1n) is 23.4. The normalized spacial score (nSPS) is 13.5. The van der Waals surface area contributed by atoms with Gasteiger partial charge in [0.1, 0.15) is 0 Å². The second-order valence-electron chi connectivity index (χ2n) is 16.3. The number of ketones is 2. The Bertz CT molecular complexity index is 965. The highest BCUT2D eigenvalue weighted by Gasteiger charge is 2.32. The summed E-state index contributed by atoms with van der Waals surface area (Å²) in [6, 6.07) is 0. The number of hydrogen-bond acceptors (Lipinski definition) is 2. The van der Waals surface area contributed by atoms with E-state index in [0.717, 1.165) is 92.9 Å². The molecule has 300 valence electrons. The molecule has 1 aliphatic carbocycles. The summed E-state index contributed by atoms with van der Waals surface area (Å²) in [6.07, 6.45) is 49.6. The van der Waals surface area contributed by atoms with E-state index in [2.05, 4.69) is 27.0 Å². The van der Waals surface area contributed by atoms with E-state index >= 15 is 0 Å². The molecular weight excluding hydrogens is 633 g/mol. The first-order chi connectivity index (χ1) is 25.6. The van der Waals surface area contributed by atoms with E-state index in [1.54, 1.807) is 0 Å². The van der Waals surface area contributed by atoms with Crippen LogP contribution in [0.3, 0.4) is 0 Å². The first-order valence-corrected chi connectivity index (χ1v) is 23.4. The Kier molecular flexibility index (Phi) is 33.7. The zero-order valence-corrected chi connectivity index (χ0v) is 35.3. The van der Waals surface area contributed by atoms with Gasteiger partial charge in [-0.25, -0.2) is 0 Å². The van der Waals surface area contributed by atoms with E-state index in [-0.39, 0.29) is 11.6 Å². The van der Waals surface area contributed by atoms with Crippen molar-refractivity contribution in [3.8, 4) is 0 Å². The Morgan fingerprint density at radius 3 is 0.712 bits per heavy atom. The molecule has 0 aromatic heterocycles. The molecule has 0 fully saturated rings. The van der Waals surface area contributed by atoms with Crippen LogP contribution in [0.2, 0.25) is 0 Å². The SMILES string of the molecule is C=CCCCCCCCCCCC1=C(CCCCCCCCCC)C(=O)C(CCCCCCCCCCCC)=C(CCCCCCCCC=C)C1=O. The number of carbonyl (C=O) groups is 2. The van der Waals surface area contributed by atoms with Gasteiger partial charge in [0.15, 0.2) is 11.6 Å². The molecular formula is C50H88O2. The van der Waals surface area contributed by atoms with Crippen LogP contribution in [-0.4, -0.2) is 11.6 Å². The van der Waals surface area contributed by atoms with Crippen LogP contribution < -0.4 is 0 Å². The molecule has 1 rings (SSSR count). The molecule has 0 spiro atoms. The molecule has 0 saturated heterocycles. The number of carbonyl (C=O) groups excluding carboxylic acids is 2. The largest absolute Gasteiger partial charge is 0.289 e. The van der Waals surface area contributed by atoms with E-state index in [1.807, 2.05) is 12.2 Å². The minimum absolute atomic E-state index is 0.268. The predicted octanol–water partition coefficient (Wildman–Crippen LogP) is 17.0. The van der Waals surface area contributed by atoms with Crippen molar-refractivity contribution in [3.05, 3.63) is 47.6 Å². The van der Waals surface area contributed by atoms with E-state index < -0.39 is 0 Å². The third-order valence-electron chi connectivity index (χ3n) is 11.6. The summed E-state index contributed by atoms with van der Waals surface area (Å²) in [4.78, 5) is 28.9. The third-order valence-corrected chi connectivity index (χ3v) is 11.6. The highest BCUT2D eigenvalue weighted by Crippen LogP contribution is 2.36. The predicted molar refractivity (Wildman–Crippen MR) is 231 cm³/mol. The molecule has 2 nitrogen and oxygen atoms in total. The molecule has 0 bridgehead atoms. The number of hydrogen-bond donors (Lipinski definition) is 0. The number of rotatable bonds is 40. The third kappa shape index (κ3) is 24.6. The summed E-state index contributed by atoms with van der Waals surface area (Å²) in [5.41, 5.74) is 3.68. The van der Waals surface area contributed by atoms with Gasteiger partial charge in [0.05, 0.1) is 0 Å². The van der Waals surface area contributed by atoms with Crippen LogP contribution in [0.4, 0.5) is 0 Å². The summed E-state index contributed by atoms with van der Waals surface area (Å²) in [7, 11) is 0. The Labute approximate surface area is 325 Å². The van der Waals surface area contributed by atoms with Crippen LogP contribution in [0.5, 0.6) is 0 Å². The van der Waals surface area contributed by atoms with Gasteiger partial charge in [0, 0.05) is 22.3 Å². The maximum atomic E-state index is 14.5. The molecule has 52 heavy (non-hydrogen) atoms. The van der Waals surface area contributed by atoms with Crippen molar-refractivity contribution in [2.75, 3.05) is 0 Å². The van der Waals surface area contributed by atoms with Gasteiger partial charge in [-0.2, -0.15) is 0 Å². The van der Waals surface area contributed by atoms with Gasteiger partial charge in [-0.1, -0.05) is 193 Å². The molecule has 0 amide bonds. The van der Waals surface area contributed by atoms with Gasteiger partial charge in [0.25, 0.3) is 0 Å². The Morgan fingerprint density at radius 1 is 0.308 bits per heavy atom. The summed E-state index contributed by atoms with van der Waals surface area (Å²) < 4.78 is 0. The van der Waals surface area contributed by atoms with Crippen molar-refractivity contribution < 1.29 is 9.59 Å². The monoisotopic (exact) mass is 721 g/mol. The molecule has 0 atom stereocenters. The topological polar surface area (TPSA) is 34.1 Å². The zero-order valence-electron chi connectivity index (χ0n) is 35.3. The molecule has 1 aliphatic rings. The Hall–Kier alpha value is -1.70. The molecule has 0 aromatic rings. The standard InChI is InChI=1S/C50H88O2/c1-5-9-13-17-21-25-27-31-35-39-43-47-45(41-37-33-29-23-19-15-11-7-3)50(52)48(44-40-36-32-28-26-22-18-14-10-6-2)46(49(47)51)42-38-34-30-24-20-16-12-8-4/h5,8H,1,4,6-7,9-44H2,2-3H3. The van der Waals surface area contributed by atoms with Crippen LogP contribution in [0.15, 0.2) is 47.6 Å². The Balaban J connectivity index is 2.91. The zero-order chi connectivity index (χ0) is 37.7. The number of unbranched alkanes of at least 4 members (excludes halogenated alkanes) is 30. The van der Waals surface area contributed by atoms with Crippen LogP contribution in [0, 0.1) is 0 Å². The van der Waals surface area contributed by atoms with Crippen molar-refractivity contribution in [2.45, 2.75) is 258 Å². The van der Waals surface area contributed by atoms with Crippen LogP contribution in [0.1, 0.15) is 258 Å². The van der Waals surface area contributed by atoms with Crippen molar-refractivity contribution in [3.63, 3.8) is 0 Å². The summed E-state index contributed by atoms with van der Waals surface area (Å²) in [6.45, 7) is 12.3. The lowest BCUT2D eigenvalue weighted by molar-refractivity contribution is -0.117. The molecule has 0 N–H and O–H groups in total. The van der Waals surface area contributed by atoms with E-state index in [0.29, 0.717) is 0 Å². The highest BCUT2D eigenvalue weighted by atomic mass is 16.1. The van der Waals surface area contributed by atoms with Crippen LogP contribution in [-0.2, 0) is 9.59 Å². The van der Waals surface area contributed by atoms with Crippen molar-refractivity contribution in [1.29, 1.82) is 0 Å². The average molecular weight is 721 g/mol. The maximum absolute atomic E-state index is 14.5. The lowest BCUT2D eigenvalue weighted by atomic mass is 9.77. The highest BCUT2D eigenvalue weighted by molar-refractivity contribution is 6.25.